The third-order valence-corrected chi connectivity index (χ3v) is 3.54. The van der Waals surface area contributed by atoms with Gasteiger partial charge >= 0.3 is 0 Å². The first kappa shape index (κ1) is 15.6. The topological polar surface area (TPSA) is 72.9 Å². The maximum Gasteiger partial charge on any atom is 0.257 e. The van der Waals surface area contributed by atoms with Crippen molar-refractivity contribution in [1.82, 2.24) is 15.1 Å². The molecule has 2 amide bonds. The molecule has 2 N–H and O–H groups in total. The lowest BCUT2D eigenvalue weighted by molar-refractivity contribution is -0.121. The van der Waals surface area contributed by atoms with Crippen molar-refractivity contribution in [2.75, 3.05) is 45.9 Å². The molecule has 1 aromatic carbocycles. The first-order valence-electron chi connectivity index (χ1n) is 7.14. The Morgan fingerprint density at radius 3 is 2.29 bits per heavy atom. The predicted molar refractivity (Wildman–Crippen MR) is 78.9 cm³/mol. The Kier molecular flexibility index (Phi) is 5.86. The molecule has 114 valence electrons. The molecule has 6 heteroatoms. The van der Waals surface area contributed by atoms with Gasteiger partial charge in [-0.05, 0) is 12.1 Å². The van der Waals surface area contributed by atoms with Crippen molar-refractivity contribution in [2.24, 2.45) is 0 Å². The fourth-order valence-electron chi connectivity index (χ4n) is 2.34. The fraction of sp³-hybridized carbons (Fsp3) is 0.467. The molecule has 2 rings (SSSR count). The second kappa shape index (κ2) is 7.87. The van der Waals surface area contributed by atoms with Crippen LogP contribution in [0.25, 0.3) is 0 Å². The van der Waals surface area contributed by atoms with Crippen molar-refractivity contribution in [2.45, 2.75) is 0 Å². The normalized spacial score (nSPS) is 16.6. The van der Waals surface area contributed by atoms with Gasteiger partial charge < -0.3 is 5.11 Å². The zero-order chi connectivity index (χ0) is 15.1. The fourth-order valence-corrected chi connectivity index (χ4v) is 2.34. The molecule has 0 saturated carbocycles. The van der Waals surface area contributed by atoms with Gasteiger partial charge in [-0.3, -0.25) is 24.7 Å². The van der Waals surface area contributed by atoms with Crippen LogP contribution < -0.4 is 5.32 Å². The van der Waals surface area contributed by atoms with Gasteiger partial charge in [0.05, 0.1) is 13.2 Å². The van der Waals surface area contributed by atoms with Crippen molar-refractivity contribution in [3.8, 4) is 0 Å². The van der Waals surface area contributed by atoms with Gasteiger partial charge in [0.25, 0.3) is 5.91 Å². The second-order valence-electron chi connectivity index (χ2n) is 5.08. The summed E-state index contributed by atoms with van der Waals surface area (Å²) in [5.74, 6) is -0.640. The number of amides is 2. The summed E-state index contributed by atoms with van der Waals surface area (Å²) in [5.41, 5.74) is 0.485. The Labute approximate surface area is 124 Å². The van der Waals surface area contributed by atoms with E-state index >= 15 is 0 Å². The highest BCUT2D eigenvalue weighted by Gasteiger charge is 2.19. The summed E-state index contributed by atoms with van der Waals surface area (Å²) in [5, 5.41) is 11.3. The lowest BCUT2D eigenvalue weighted by atomic mass is 10.2. The number of hydrogen-bond acceptors (Lipinski definition) is 5. The number of carbonyl (C=O) groups is 2. The number of piperazine rings is 1. The van der Waals surface area contributed by atoms with Crippen LogP contribution in [0.15, 0.2) is 30.3 Å². The number of β-amino-alcohol motifs (C(OH)–C–C–N with tert-alkyl or cyclic N) is 1. The van der Waals surface area contributed by atoms with E-state index in [9.17, 15) is 9.59 Å². The van der Waals surface area contributed by atoms with Gasteiger partial charge in [-0.25, -0.2) is 0 Å². The van der Waals surface area contributed by atoms with Crippen LogP contribution in [-0.2, 0) is 4.79 Å². The predicted octanol–water partition coefficient (Wildman–Crippen LogP) is -0.447. The van der Waals surface area contributed by atoms with Gasteiger partial charge in [0.1, 0.15) is 0 Å². The van der Waals surface area contributed by atoms with Crippen LogP contribution in [0.1, 0.15) is 10.4 Å². The van der Waals surface area contributed by atoms with E-state index < -0.39 is 0 Å². The molecular weight excluding hydrogens is 270 g/mol. The number of aliphatic hydroxyl groups is 1. The van der Waals surface area contributed by atoms with Gasteiger partial charge in [0.2, 0.25) is 5.91 Å². The van der Waals surface area contributed by atoms with Crippen LogP contribution in [0.2, 0.25) is 0 Å². The first-order chi connectivity index (χ1) is 10.2. The van der Waals surface area contributed by atoms with Crippen molar-refractivity contribution >= 4 is 11.8 Å². The van der Waals surface area contributed by atoms with Crippen LogP contribution in [0, 0.1) is 0 Å². The minimum atomic E-state index is -0.362. The second-order valence-corrected chi connectivity index (χ2v) is 5.08. The Hall–Kier alpha value is -1.76. The van der Waals surface area contributed by atoms with E-state index in [2.05, 4.69) is 10.2 Å². The standard InChI is InChI=1S/C15H21N3O3/c19-11-10-17-6-8-18(9-7-17)12-14(20)16-15(21)13-4-2-1-3-5-13/h1-5,19H,6-12H2,(H,16,20,21). The average Bonchev–Trinajstić information content (AvgIpc) is 2.50. The summed E-state index contributed by atoms with van der Waals surface area (Å²) in [6.07, 6.45) is 0. The summed E-state index contributed by atoms with van der Waals surface area (Å²) < 4.78 is 0. The van der Waals surface area contributed by atoms with E-state index in [4.69, 9.17) is 5.11 Å². The quantitative estimate of drug-likeness (QED) is 0.769. The summed E-state index contributed by atoms with van der Waals surface area (Å²) in [7, 11) is 0. The highest BCUT2D eigenvalue weighted by atomic mass is 16.3. The van der Waals surface area contributed by atoms with Crippen molar-refractivity contribution in [3.05, 3.63) is 35.9 Å². The van der Waals surface area contributed by atoms with E-state index in [1.807, 2.05) is 11.0 Å². The molecule has 0 bridgehead atoms. The maximum atomic E-state index is 11.9. The molecule has 21 heavy (non-hydrogen) atoms. The van der Waals surface area contributed by atoms with E-state index in [1.54, 1.807) is 24.3 Å². The molecule has 0 aliphatic carbocycles. The Morgan fingerprint density at radius 2 is 1.67 bits per heavy atom. The monoisotopic (exact) mass is 291 g/mol. The van der Waals surface area contributed by atoms with Crippen LogP contribution in [0.5, 0.6) is 0 Å². The minimum Gasteiger partial charge on any atom is -0.395 e. The number of nitrogens with zero attached hydrogens (tertiary/aromatic N) is 2. The molecule has 1 aliphatic rings. The molecule has 1 fully saturated rings. The van der Waals surface area contributed by atoms with Crippen molar-refractivity contribution < 1.29 is 14.7 Å². The first-order valence-corrected chi connectivity index (χ1v) is 7.14. The highest BCUT2D eigenvalue weighted by Crippen LogP contribution is 2.01. The summed E-state index contributed by atoms with van der Waals surface area (Å²) in [6.45, 7) is 4.27. The number of imide groups is 1. The molecule has 0 radical (unpaired) electrons. The Bertz CT molecular complexity index is 470. The molecule has 0 aromatic heterocycles. The molecule has 1 heterocycles. The van der Waals surface area contributed by atoms with Crippen LogP contribution in [0.3, 0.4) is 0 Å². The zero-order valence-electron chi connectivity index (χ0n) is 12.0. The number of nitrogens with one attached hydrogen (secondary N) is 1. The Morgan fingerprint density at radius 1 is 1.05 bits per heavy atom. The SMILES string of the molecule is O=C(CN1CCN(CCO)CC1)NC(=O)c1ccccc1. The molecule has 0 atom stereocenters. The van der Waals surface area contributed by atoms with Crippen molar-refractivity contribution in [3.63, 3.8) is 0 Å². The molecule has 1 aromatic rings. The number of hydrogen-bond donors (Lipinski definition) is 2. The molecular formula is C15H21N3O3. The Balaban J connectivity index is 1.74. The number of benzene rings is 1. The number of rotatable bonds is 5. The summed E-state index contributed by atoms with van der Waals surface area (Å²) >= 11 is 0. The average molecular weight is 291 g/mol. The van der Waals surface area contributed by atoms with E-state index in [1.165, 1.54) is 0 Å². The van der Waals surface area contributed by atoms with Gasteiger partial charge in [-0.1, -0.05) is 18.2 Å². The minimum absolute atomic E-state index is 0.159. The molecule has 6 nitrogen and oxygen atoms in total. The largest absolute Gasteiger partial charge is 0.395 e. The van der Waals surface area contributed by atoms with Crippen LogP contribution >= 0.6 is 0 Å². The molecule has 1 aliphatic heterocycles. The highest BCUT2D eigenvalue weighted by molar-refractivity contribution is 6.05. The smallest absolute Gasteiger partial charge is 0.257 e. The van der Waals surface area contributed by atoms with Gasteiger partial charge in [0, 0.05) is 38.3 Å². The lowest BCUT2D eigenvalue weighted by Gasteiger charge is -2.33. The van der Waals surface area contributed by atoms with Crippen molar-refractivity contribution in [1.29, 1.82) is 0 Å². The zero-order valence-corrected chi connectivity index (χ0v) is 12.0. The molecule has 0 unspecified atom stereocenters. The molecule has 1 saturated heterocycles. The van der Waals surface area contributed by atoms with Gasteiger partial charge in [-0.2, -0.15) is 0 Å². The number of carbonyl (C=O) groups excluding carboxylic acids is 2. The van der Waals surface area contributed by atoms with E-state index in [0.717, 1.165) is 26.2 Å². The molecule has 0 spiro atoms. The summed E-state index contributed by atoms with van der Waals surface area (Å²) in [4.78, 5) is 27.9. The van der Waals surface area contributed by atoms with Gasteiger partial charge in [0.15, 0.2) is 0 Å². The number of aliphatic hydroxyl groups excluding tert-OH is 1. The van der Waals surface area contributed by atoms with Crippen LogP contribution in [-0.4, -0.2) is 72.6 Å². The van der Waals surface area contributed by atoms with Crippen LogP contribution in [0.4, 0.5) is 0 Å². The lowest BCUT2D eigenvalue weighted by Crippen LogP contribution is -2.50. The third kappa shape index (κ3) is 4.93. The third-order valence-electron chi connectivity index (χ3n) is 3.54. The maximum absolute atomic E-state index is 11.9. The van der Waals surface area contributed by atoms with E-state index in [-0.39, 0.29) is 25.0 Å². The van der Waals surface area contributed by atoms with Gasteiger partial charge in [-0.15, -0.1) is 0 Å². The summed E-state index contributed by atoms with van der Waals surface area (Å²) in [6, 6.07) is 8.70. The van der Waals surface area contributed by atoms with E-state index in [0.29, 0.717) is 12.1 Å².